The summed E-state index contributed by atoms with van der Waals surface area (Å²) < 4.78 is 25.5. The Morgan fingerprint density at radius 3 is 1.50 bits per heavy atom. The Balaban J connectivity index is 0. The number of hydrogen-bond acceptors (Lipinski definition) is 2. The van der Waals surface area contributed by atoms with E-state index in [1.165, 1.54) is 0 Å². The zero-order chi connectivity index (χ0) is 4.50. The zero-order valence-corrected chi connectivity index (χ0v) is 4.24. The largest absolute Gasteiger partial charge is 0.316 e. The van der Waals surface area contributed by atoms with Gasteiger partial charge in [0.05, 0.1) is 0 Å². The maximum absolute atomic E-state index is 9.05. The van der Waals surface area contributed by atoms with Gasteiger partial charge in [0.25, 0.3) is 0 Å². The molecule has 0 fully saturated rings. The molecule has 6 heavy (non-hydrogen) atoms. The second-order valence-electron chi connectivity index (χ2n) is 0.448. The zero-order valence-electron chi connectivity index (χ0n) is 2.53. The van der Waals surface area contributed by atoms with Crippen molar-refractivity contribution in [2.24, 2.45) is 0 Å². The van der Waals surface area contributed by atoms with E-state index in [4.69, 9.17) is 13.0 Å². The Morgan fingerprint density at radius 1 is 1.50 bits per heavy atom. The minimum absolute atomic E-state index is 0. The van der Waals surface area contributed by atoms with Gasteiger partial charge in [-0.15, -0.1) is 0 Å². The summed E-state index contributed by atoms with van der Waals surface area (Å²) in [6, 6.07) is 0. The summed E-state index contributed by atoms with van der Waals surface area (Å²) in [6.45, 7) is 0. The van der Waals surface area contributed by atoms with Crippen LogP contribution in [0.1, 0.15) is 0 Å². The molecular formula is H3FO3S2. The van der Waals surface area contributed by atoms with Crippen molar-refractivity contribution >= 4 is 20.8 Å². The quantitative estimate of drug-likeness (QED) is 0.276. The summed E-state index contributed by atoms with van der Waals surface area (Å²) in [4.78, 5) is 0. The third-order valence-electron chi connectivity index (χ3n) is 0. The smallest absolute Gasteiger partial charge is 0.277 e. The summed E-state index contributed by atoms with van der Waals surface area (Å²) in [5.74, 6) is 0. The maximum atomic E-state index is 9.05. The van der Waals surface area contributed by atoms with Gasteiger partial charge in [0.1, 0.15) is 0 Å². The maximum Gasteiger partial charge on any atom is 0.316 e. The first-order chi connectivity index (χ1) is 2.00. The molecule has 1 N–H and O–H groups in total. The lowest BCUT2D eigenvalue weighted by atomic mass is 15.9. The van der Waals surface area contributed by atoms with E-state index in [2.05, 4.69) is 11.7 Å². The SMILES string of the molecule is F.O=S(=O)(O)S. The Bertz CT molecular complexity index is 92.0. The van der Waals surface area contributed by atoms with Gasteiger partial charge < -0.3 is 0 Å². The molecule has 0 saturated heterocycles. The van der Waals surface area contributed by atoms with E-state index in [0.717, 1.165) is 0 Å². The molecule has 0 unspecified atom stereocenters. The molecule has 0 atom stereocenters. The fourth-order valence-corrected chi connectivity index (χ4v) is 0. The van der Waals surface area contributed by atoms with Gasteiger partial charge in [-0.2, -0.15) is 8.42 Å². The molecule has 0 bridgehead atoms. The van der Waals surface area contributed by atoms with Crippen LogP contribution >= 0.6 is 11.7 Å². The molecule has 0 aliphatic heterocycles. The van der Waals surface area contributed by atoms with E-state index < -0.39 is 9.15 Å². The average Bonchev–Trinajstić information content (AvgIpc) is 0.722. The summed E-state index contributed by atoms with van der Waals surface area (Å²) in [5, 5.41) is 0. The normalized spacial score (nSPS) is 9.67. The highest BCUT2D eigenvalue weighted by molar-refractivity contribution is 8.61. The molecule has 6 heteroatoms. The highest BCUT2D eigenvalue weighted by atomic mass is 33.1. The molecule has 0 spiro atoms. The van der Waals surface area contributed by atoms with E-state index >= 15 is 0 Å². The number of thiol groups is 1. The van der Waals surface area contributed by atoms with E-state index in [9.17, 15) is 0 Å². The van der Waals surface area contributed by atoms with Gasteiger partial charge in [-0.3, -0.25) is 9.26 Å². The number of halogens is 1. The van der Waals surface area contributed by atoms with Crippen LogP contribution in [0.3, 0.4) is 0 Å². The molecule has 0 radical (unpaired) electrons. The van der Waals surface area contributed by atoms with E-state index in [1.807, 2.05) is 0 Å². The minimum Gasteiger partial charge on any atom is -0.277 e. The number of rotatable bonds is 0. The topological polar surface area (TPSA) is 54.4 Å². The first-order valence-corrected chi connectivity index (χ1v) is 3.19. The third-order valence-corrected chi connectivity index (χ3v) is 0. The highest BCUT2D eigenvalue weighted by Gasteiger charge is 1.83. The van der Waals surface area contributed by atoms with Gasteiger partial charge in [0.2, 0.25) is 0 Å². The molecule has 0 saturated carbocycles. The van der Waals surface area contributed by atoms with Crippen LogP contribution < -0.4 is 0 Å². The molecule has 40 valence electrons. The van der Waals surface area contributed by atoms with Crippen LogP contribution in [0.2, 0.25) is 0 Å². The van der Waals surface area contributed by atoms with Gasteiger partial charge in [-0.25, -0.2) is 0 Å². The van der Waals surface area contributed by atoms with Crippen molar-refractivity contribution in [1.29, 1.82) is 0 Å². The van der Waals surface area contributed by atoms with Crippen LogP contribution in [0.15, 0.2) is 0 Å². The van der Waals surface area contributed by atoms with E-state index in [0.29, 0.717) is 0 Å². The predicted octanol–water partition coefficient (Wildman–Crippen LogP) is -0.128. The third kappa shape index (κ3) is 1180. The van der Waals surface area contributed by atoms with Crippen LogP contribution in [0.4, 0.5) is 4.70 Å². The molecule has 0 aliphatic rings. The van der Waals surface area contributed by atoms with Gasteiger partial charge in [0.15, 0.2) is 0 Å². The molecule has 0 aliphatic carbocycles. The van der Waals surface area contributed by atoms with Crippen LogP contribution in [0, 0.1) is 0 Å². The lowest BCUT2D eigenvalue weighted by molar-refractivity contribution is 0.503. The Kier molecular flexibility index (Phi) is 3.76. The van der Waals surface area contributed by atoms with Crippen LogP contribution in [-0.4, -0.2) is 13.0 Å². The van der Waals surface area contributed by atoms with Crippen LogP contribution in [0.25, 0.3) is 0 Å². The predicted molar refractivity (Wildman–Crippen MR) is 23.0 cm³/mol. The summed E-state index contributed by atoms with van der Waals surface area (Å²) in [6.07, 6.45) is 0. The van der Waals surface area contributed by atoms with E-state index in [-0.39, 0.29) is 4.70 Å². The van der Waals surface area contributed by atoms with Gasteiger partial charge >= 0.3 is 9.15 Å². The number of hydrogen-bond donors (Lipinski definition) is 2. The lowest BCUT2D eigenvalue weighted by Crippen LogP contribution is -1.78. The van der Waals surface area contributed by atoms with Crippen molar-refractivity contribution in [2.45, 2.75) is 0 Å². The Labute approximate surface area is 39.3 Å². The van der Waals surface area contributed by atoms with Gasteiger partial charge in [-0.05, 0) is 11.7 Å². The monoisotopic (exact) mass is 134 g/mol. The van der Waals surface area contributed by atoms with Crippen molar-refractivity contribution in [3.63, 3.8) is 0 Å². The molecular weight excluding hydrogens is 131 g/mol. The summed E-state index contributed by atoms with van der Waals surface area (Å²) in [5.41, 5.74) is 0. The van der Waals surface area contributed by atoms with Crippen molar-refractivity contribution in [3.05, 3.63) is 0 Å². The Morgan fingerprint density at radius 2 is 1.50 bits per heavy atom. The molecule has 3 nitrogen and oxygen atoms in total. The lowest BCUT2D eigenvalue weighted by Gasteiger charge is -1.67. The average molecular weight is 134 g/mol. The molecule has 0 amide bonds. The van der Waals surface area contributed by atoms with E-state index in [1.54, 1.807) is 0 Å². The van der Waals surface area contributed by atoms with Gasteiger partial charge in [0, 0.05) is 0 Å². The summed E-state index contributed by atoms with van der Waals surface area (Å²) >= 11 is 2.65. The van der Waals surface area contributed by atoms with Crippen molar-refractivity contribution < 1.29 is 17.7 Å². The standard InChI is InChI=1S/FH.H2O3S2/c;1-5(2,3)4/h1H;(H2,1,2,3,4). The molecule has 0 aromatic heterocycles. The van der Waals surface area contributed by atoms with Crippen LogP contribution in [-0.2, 0) is 9.15 Å². The first-order valence-electron chi connectivity index (χ1n) is 0.698. The molecule has 0 rings (SSSR count). The highest BCUT2D eigenvalue weighted by Crippen LogP contribution is 1.81. The summed E-state index contributed by atoms with van der Waals surface area (Å²) in [7, 11) is -3.97. The first kappa shape index (κ1) is 9.50. The second-order valence-corrected chi connectivity index (χ2v) is 2.73. The van der Waals surface area contributed by atoms with Crippen molar-refractivity contribution in [2.75, 3.05) is 0 Å². The van der Waals surface area contributed by atoms with Crippen LogP contribution in [0.5, 0.6) is 0 Å². The Hall–Kier alpha value is 0.190. The fraction of sp³-hybridized carbons (Fsp3) is 0. The molecule has 0 aromatic rings. The molecule has 0 heterocycles. The minimum atomic E-state index is -3.97. The van der Waals surface area contributed by atoms with Crippen molar-refractivity contribution in [3.8, 4) is 0 Å². The fourth-order valence-electron chi connectivity index (χ4n) is 0. The molecule has 0 aromatic carbocycles. The second kappa shape index (κ2) is 2.38. The van der Waals surface area contributed by atoms with Gasteiger partial charge in [-0.1, -0.05) is 0 Å². The van der Waals surface area contributed by atoms with Crippen molar-refractivity contribution in [1.82, 2.24) is 0 Å².